The van der Waals surface area contributed by atoms with Crippen molar-refractivity contribution in [2.45, 2.75) is 11.3 Å². The van der Waals surface area contributed by atoms with E-state index in [4.69, 9.17) is 16.2 Å². The smallest absolute Gasteiger partial charge is 0.252 e. The van der Waals surface area contributed by atoms with Crippen molar-refractivity contribution in [1.82, 2.24) is 4.31 Å². The fourth-order valence-electron chi connectivity index (χ4n) is 2.58. The molecular formula is C18H23N3O4S. The molecule has 0 fully saturated rings. The topological polar surface area (TPSA) is 116 Å². The summed E-state index contributed by atoms with van der Waals surface area (Å²) < 4.78 is 32.4. The number of nitrogens with zero attached hydrogens (tertiary/aromatic N) is 1. The van der Waals surface area contributed by atoms with Gasteiger partial charge in [-0.05, 0) is 30.2 Å². The lowest BCUT2D eigenvalue weighted by Gasteiger charge is -2.22. The average molecular weight is 377 g/mol. The van der Waals surface area contributed by atoms with Gasteiger partial charge in [0.15, 0.2) is 0 Å². The summed E-state index contributed by atoms with van der Waals surface area (Å²) in [6, 6.07) is 13.6. The van der Waals surface area contributed by atoms with E-state index in [9.17, 15) is 13.2 Å². The van der Waals surface area contributed by atoms with Crippen LogP contribution in [0, 0.1) is 0 Å². The molecule has 0 atom stereocenters. The maximum atomic E-state index is 13.0. The highest BCUT2D eigenvalue weighted by atomic mass is 32.2. The molecule has 0 unspecified atom stereocenters. The molecule has 2 rings (SSSR count). The Balaban J connectivity index is 2.31. The van der Waals surface area contributed by atoms with E-state index in [1.807, 2.05) is 30.3 Å². The third-order valence-electron chi connectivity index (χ3n) is 3.95. The number of benzene rings is 2. The number of sulfonamides is 1. The van der Waals surface area contributed by atoms with Gasteiger partial charge < -0.3 is 16.2 Å². The number of rotatable bonds is 9. The van der Waals surface area contributed by atoms with E-state index in [2.05, 4.69) is 0 Å². The van der Waals surface area contributed by atoms with E-state index in [0.29, 0.717) is 6.42 Å². The third kappa shape index (κ3) is 4.60. The minimum atomic E-state index is -3.82. The van der Waals surface area contributed by atoms with Crippen molar-refractivity contribution >= 4 is 15.9 Å². The Bertz CT molecular complexity index is 854. The van der Waals surface area contributed by atoms with Crippen molar-refractivity contribution in [1.29, 1.82) is 0 Å². The van der Waals surface area contributed by atoms with Gasteiger partial charge in [0.25, 0.3) is 5.91 Å². The Labute approximate surface area is 153 Å². The van der Waals surface area contributed by atoms with Crippen LogP contribution in [0.15, 0.2) is 53.4 Å². The molecule has 4 N–H and O–H groups in total. The van der Waals surface area contributed by atoms with E-state index in [-0.39, 0.29) is 35.8 Å². The first-order valence-corrected chi connectivity index (χ1v) is 9.56. The van der Waals surface area contributed by atoms with Crippen molar-refractivity contribution in [2.24, 2.45) is 11.5 Å². The first-order chi connectivity index (χ1) is 12.4. The van der Waals surface area contributed by atoms with Crippen LogP contribution in [0.1, 0.15) is 15.9 Å². The highest BCUT2D eigenvalue weighted by Gasteiger charge is 2.25. The van der Waals surface area contributed by atoms with Gasteiger partial charge in [0.2, 0.25) is 10.0 Å². The fourth-order valence-corrected chi connectivity index (χ4v) is 4.07. The van der Waals surface area contributed by atoms with Gasteiger partial charge in [-0.2, -0.15) is 4.31 Å². The second-order valence-electron chi connectivity index (χ2n) is 5.65. The number of carbonyl (C=O) groups is 1. The first kappa shape index (κ1) is 19.9. The van der Waals surface area contributed by atoms with Gasteiger partial charge >= 0.3 is 0 Å². The molecule has 2 aromatic rings. The van der Waals surface area contributed by atoms with Crippen molar-refractivity contribution in [3.63, 3.8) is 0 Å². The van der Waals surface area contributed by atoms with Crippen LogP contribution in [0.3, 0.4) is 0 Å². The SMILES string of the molecule is COc1ccc(S(=O)(=O)N(CCN)CCc2ccccc2)cc1C(N)=O. The molecule has 0 aliphatic carbocycles. The summed E-state index contributed by atoms with van der Waals surface area (Å²) >= 11 is 0. The third-order valence-corrected chi connectivity index (χ3v) is 5.84. The predicted octanol–water partition coefficient (Wildman–Crippen LogP) is 0.986. The standard InChI is InChI=1S/C18H23N3O4S/c1-25-17-8-7-15(13-16(17)18(20)22)26(23,24)21(12-10-19)11-9-14-5-3-2-4-6-14/h2-8,13H,9-12,19H2,1H3,(H2,20,22). The zero-order chi connectivity index (χ0) is 19.2. The van der Waals surface area contributed by atoms with E-state index in [1.165, 1.54) is 29.6 Å². The maximum absolute atomic E-state index is 13.0. The number of ether oxygens (including phenoxy) is 1. The number of methoxy groups -OCH3 is 1. The second-order valence-corrected chi connectivity index (χ2v) is 7.59. The van der Waals surface area contributed by atoms with E-state index < -0.39 is 15.9 Å². The molecule has 1 amide bonds. The molecule has 0 saturated heterocycles. The van der Waals surface area contributed by atoms with Crippen molar-refractivity contribution < 1.29 is 17.9 Å². The number of carbonyl (C=O) groups excluding carboxylic acids is 1. The molecular weight excluding hydrogens is 354 g/mol. The molecule has 0 aliphatic heterocycles. The Morgan fingerprint density at radius 1 is 1.12 bits per heavy atom. The Morgan fingerprint density at radius 3 is 2.38 bits per heavy atom. The van der Waals surface area contributed by atoms with Crippen molar-refractivity contribution in [3.8, 4) is 5.75 Å². The van der Waals surface area contributed by atoms with Crippen LogP contribution in [-0.2, 0) is 16.4 Å². The zero-order valence-electron chi connectivity index (χ0n) is 14.6. The van der Waals surface area contributed by atoms with Crippen LogP contribution >= 0.6 is 0 Å². The quantitative estimate of drug-likeness (QED) is 0.676. The molecule has 140 valence electrons. The summed E-state index contributed by atoms with van der Waals surface area (Å²) in [4.78, 5) is 11.6. The summed E-state index contributed by atoms with van der Waals surface area (Å²) in [5.74, 6) is -0.528. The van der Waals surface area contributed by atoms with Gasteiger partial charge in [0.05, 0.1) is 17.6 Å². The molecule has 0 saturated carbocycles. The van der Waals surface area contributed by atoms with Crippen LogP contribution in [0.4, 0.5) is 0 Å². The number of primary amides is 1. The van der Waals surface area contributed by atoms with Gasteiger partial charge in [0.1, 0.15) is 5.75 Å². The van der Waals surface area contributed by atoms with E-state index >= 15 is 0 Å². The van der Waals surface area contributed by atoms with Crippen LogP contribution in [-0.4, -0.2) is 45.4 Å². The van der Waals surface area contributed by atoms with E-state index in [1.54, 1.807) is 0 Å². The molecule has 0 spiro atoms. The maximum Gasteiger partial charge on any atom is 0.252 e. The molecule has 26 heavy (non-hydrogen) atoms. The van der Waals surface area contributed by atoms with Crippen molar-refractivity contribution in [2.75, 3.05) is 26.7 Å². The van der Waals surface area contributed by atoms with Gasteiger partial charge in [-0.1, -0.05) is 30.3 Å². The van der Waals surface area contributed by atoms with Crippen LogP contribution in [0.25, 0.3) is 0 Å². The highest BCUT2D eigenvalue weighted by Crippen LogP contribution is 2.24. The number of amides is 1. The minimum absolute atomic E-state index is 0.0179. The molecule has 0 bridgehead atoms. The molecule has 0 heterocycles. The summed E-state index contributed by atoms with van der Waals surface area (Å²) in [5.41, 5.74) is 12.0. The molecule has 0 aliphatic rings. The second kappa shape index (κ2) is 8.79. The average Bonchev–Trinajstić information content (AvgIpc) is 2.65. The Hall–Kier alpha value is -2.42. The van der Waals surface area contributed by atoms with Crippen molar-refractivity contribution in [3.05, 3.63) is 59.7 Å². The van der Waals surface area contributed by atoms with Crippen LogP contribution in [0.2, 0.25) is 0 Å². The monoisotopic (exact) mass is 377 g/mol. The molecule has 8 heteroatoms. The lowest BCUT2D eigenvalue weighted by molar-refractivity contribution is 0.0997. The Morgan fingerprint density at radius 2 is 1.81 bits per heavy atom. The Kier molecular flexibility index (Phi) is 6.73. The van der Waals surface area contributed by atoms with Crippen LogP contribution in [0.5, 0.6) is 5.75 Å². The largest absolute Gasteiger partial charge is 0.496 e. The summed E-state index contributed by atoms with van der Waals surface area (Å²) in [5, 5.41) is 0. The lowest BCUT2D eigenvalue weighted by atomic mass is 10.1. The lowest BCUT2D eigenvalue weighted by Crippen LogP contribution is -2.37. The molecule has 7 nitrogen and oxygen atoms in total. The highest BCUT2D eigenvalue weighted by molar-refractivity contribution is 7.89. The van der Waals surface area contributed by atoms with Crippen LogP contribution < -0.4 is 16.2 Å². The van der Waals surface area contributed by atoms with Gasteiger partial charge in [-0.25, -0.2) is 8.42 Å². The van der Waals surface area contributed by atoms with Gasteiger partial charge in [-0.15, -0.1) is 0 Å². The number of nitrogens with two attached hydrogens (primary N) is 2. The fraction of sp³-hybridized carbons (Fsp3) is 0.278. The number of hydrogen-bond donors (Lipinski definition) is 2. The van der Waals surface area contributed by atoms with Gasteiger partial charge in [-0.3, -0.25) is 4.79 Å². The van der Waals surface area contributed by atoms with Gasteiger partial charge in [0, 0.05) is 19.6 Å². The number of hydrogen-bond acceptors (Lipinski definition) is 5. The van der Waals surface area contributed by atoms with E-state index in [0.717, 1.165) is 5.56 Å². The zero-order valence-corrected chi connectivity index (χ0v) is 15.4. The molecule has 0 radical (unpaired) electrons. The summed E-state index contributed by atoms with van der Waals surface area (Å²) in [6.07, 6.45) is 0.554. The molecule has 2 aromatic carbocycles. The molecule has 0 aromatic heterocycles. The first-order valence-electron chi connectivity index (χ1n) is 8.12. The minimum Gasteiger partial charge on any atom is -0.496 e. The summed E-state index contributed by atoms with van der Waals surface area (Å²) in [7, 11) is -2.44. The normalized spacial score (nSPS) is 11.5. The summed E-state index contributed by atoms with van der Waals surface area (Å²) in [6.45, 7) is 0.640. The predicted molar refractivity (Wildman–Crippen MR) is 99.5 cm³/mol.